The molecule has 2 heterocycles. The van der Waals surface area contributed by atoms with E-state index in [0.717, 1.165) is 47.2 Å². The number of nitrogens with one attached hydrogen (secondary N) is 2. The van der Waals surface area contributed by atoms with Crippen LogP contribution < -0.4 is 5.32 Å². The van der Waals surface area contributed by atoms with Crippen molar-refractivity contribution in [1.29, 1.82) is 0 Å². The summed E-state index contributed by atoms with van der Waals surface area (Å²) in [5.41, 5.74) is 5.37. The number of carbonyl (C=O) groups excluding carboxylic acids is 1. The maximum absolute atomic E-state index is 12.5. The van der Waals surface area contributed by atoms with Crippen molar-refractivity contribution in [3.05, 3.63) is 99.7 Å². The summed E-state index contributed by atoms with van der Waals surface area (Å²) in [6.45, 7) is 2.08. The molecule has 5 aromatic rings. The highest BCUT2D eigenvalue weighted by Gasteiger charge is 2.29. The summed E-state index contributed by atoms with van der Waals surface area (Å²) in [6, 6.07) is 21.0. The molecule has 1 amide bonds. The quantitative estimate of drug-likeness (QED) is 0.101. The highest BCUT2D eigenvalue weighted by atomic mass is 35.5. The number of para-hydroxylation sites is 1. The molecule has 0 aliphatic rings. The maximum Gasteiger partial charge on any atom is 0.311 e. The molecular weight excluding hydrogens is 559 g/mol. The number of unbranched alkanes of at least 4 members (excludes halogenated alkanes) is 2. The third-order valence-corrected chi connectivity index (χ3v) is 7.88. The summed E-state index contributed by atoms with van der Waals surface area (Å²) in [7, 11) is 0. The smallest absolute Gasteiger partial charge is 0.311 e. The summed E-state index contributed by atoms with van der Waals surface area (Å²) >= 11 is 12.8. The number of benzene rings is 3. The number of fused-ring (bicyclic) bond motifs is 1. The van der Waals surface area contributed by atoms with Gasteiger partial charge < -0.3 is 15.4 Å². The number of aromatic amines is 1. The van der Waals surface area contributed by atoms with Crippen molar-refractivity contribution < 1.29 is 14.7 Å². The molecule has 3 N–H and O–H groups in total. The van der Waals surface area contributed by atoms with Gasteiger partial charge in [-0.05, 0) is 42.3 Å². The Kier molecular flexibility index (Phi) is 8.76. The molecule has 0 saturated carbocycles. The average molecular weight is 590 g/mol. The first-order valence-corrected chi connectivity index (χ1v) is 14.3. The fraction of sp³-hybridized carbons (Fsp3) is 0.219. The first kappa shape index (κ1) is 28.5. The number of halogens is 2. The van der Waals surface area contributed by atoms with Crippen LogP contribution in [0.4, 0.5) is 5.82 Å². The predicted octanol–water partition coefficient (Wildman–Crippen LogP) is 8.24. The van der Waals surface area contributed by atoms with E-state index in [0.29, 0.717) is 51.8 Å². The molecule has 210 valence electrons. The van der Waals surface area contributed by atoms with Gasteiger partial charge in [0, 0.05) is 33.0 Å². The Bertz CT molecular complexity index is 1680. The van der Waals surface area contributed by atoms with Crippen LogP contribution in [-0.4, -0.2) is 32.3 Å². The molecule has 41 heavy (non-hydrogen) atoms. The molecule has 7 nitrogen and oxygen atoms in total. The molecule has 0 saturated heterocycles. The van der Waals surface area contributed by atoms with E-state index in [4.69, 9.17) is 28.3 Å². The molecule has 0 spiro atoms. The molecule has 0 fully saturated rings. The second-order valence-corrected chi connectivity index (χ2v) is 10.8. The number of carbonyl (C=O) groups is 2. The van der Waals surface area contributed by atoms with Crippen molar-refractivity contribution in [3.63, 3.8) is 0 Å². The van der Waals surface area contributed by atoms with Crippen LogP contribution in [0.15, 0.2) is 72.9 Å². The Morgan fingerprint density at radius 3 is 2.51 bits per heavy atom. The van der Waals surface area contributed by atoms with Gasteiger partial charge in [-0.25, -0.2) is 4.68 Å². The van der Waals surface area contributed by atoms with Gasteiger partial charge in [-0.1, -0.05) is 85.8 Å². The first-order chi connectivity index (χ1) is 19.9. The van der Waals surface area contributed by atoms with Crippen LogP contribution in [-0.2, 0) is 16.0 Å². The molecule has 9 heteroatoms. The number of carboxylic acids is 1. The van der Waals surface area contributed by atoms with Crippen LogP contribution >= 0.6 is 23.2 Å². The fourth-order valence-corrected chi connectivity index (χ4v) is 5.78. The first-order valence-electron chi connectivity index (χ1n) is 13.6. The summed E-state index contributed by atoms with van der Waals surface area (Å²) in [6.07, 6.45) is 6.10. The van der Waals surface area contributed by atoms with Gasteiger partial charge in [-0.15, -0.1) is 0 Å². The molecule has 0 aliphatic carbocycles. The Morgan fingerprint density at radius 1 is 1.07 bits per heavy atom. The Balaban J connectivity index is 1.76. The lowest BCUT2D eigenvalue weighted by Crippen LogP contribution is -2.13. The van der Waals surface area contributed by atoms with Crippen molar-refractivity contribution in [2.75, 3.05) is 5.32 Å². The van der Waals surface area contributed by atoms with Gasteiger partial charge in [0.15, 0.2) is 0 Å². The number of nitrogens with zero attached hydrogens (tertiary/aromatic N) is 2. The Hall–Kier alpha value is -4.07. The molecule has 3 aromatic carbocycles. The van der Waals surface area contributed by atoms with Crippen molar-refractivity contribution in [3.8, 4) is 16.9 Å². The average Bonchev–Trinajstić information content (AvgIpc) is 3.54. The van der Waals surface area contributed by atoms with Gasteiger partial charge in [0.2, 0.25) is 6.41 Å². The minimum atomic E-state index is -0.936. The predicted molar refractivity (Wildman–Crippen MR) is 164 cm³/mol. The minimum Gasteiger partial charge on any atom is -0.481 e. The molecule has 0 aliphatic heterocycles. The lowest BCUT2D eigenvalue weighted by atomic mass is 9.90. The number of aromatic nitrogens is 3. The molecule has 1 atom stereocenters. The molecular formula is C32H30Cl2N4O3. The van der Waals surface area contributed by atoms with Crippen LogP contribution in [0.2, 0.25) is 10.0 Å². The van der Waals surface area contributed by atoms with E-state index in [9.17, 15) is 14.7 Å². The van der Waals surface area contributed by atoms with Crippen LogP contribution in [0, 0.1) is 0 Å². The van der Waals surface area contributed by atoms with Gasteiger partial charge in [0.1, 0.15) is 5.82 Å². The number of H-pyrrole nitrogens is 1. The zero-order chi connectivity index (χ0) is 28.9. The summed E-state index contributed by atoms with van der Waals surface area (Å²) in [5, 5.41) is 19.6. The van der Waals surface area contributed by atoms with Gasteiger partial charge in [-0.2, -0.15) is 5.10 Å². The van der Waals surface area contributed by atoms with Crippen LogP contribution in [0.25, 0.3) is 27.8 Å². The van der Waals surface area contributed by atoms with Gasteiger partial charge in [0.25, 0.3) is 0 Å². The normalized spacial score (nSPS) is 12.0. The van der Waals surface area contributed by atoms with Crippen molar-refractivity contribution in [2.24, 2.45) is 0 Å². The van der Waals surface area contributed by atoms with E-state index in [-0.39, 0.29) is 0 Å². The summed E-state index contributed by atoms with van der Waals surface area (Å²) in [5.74, 6) is -1.30. The van der Waals surface area contributed by atoms with E-state index in [2.05, 4.69) is 17.2 Å². The number of hydrogen-bond acceptors (Lipinski definition) is 3. The van der Waals surface area contributed by atoms with Crippen LogP contribution in [0.5, 0.6) is 0 Å². The molecule has 5 rings (SSSR count). The SMILES string of the molecule is CCCCCC(C(=O)O)c1c(Cl)ccc2c(-c3c(Cc4ccc(Cl)cc4)cnn3-c3ccccc3)c(NC=O)[nH]c12. The van der Waals surface area contributed by atoms with E-state index >= 15 is 0 Å². The highest BCUT2D eigenvalue weighted by molar-refractivity contribution is 6.33. The molecule has 1 unspecified atom stereocenters. The van der Waals surface area contributed by atoms with Gasteiger partial charge in [0.05, 0.1) is 34.6 Å². The molecule has 2 aromatic heterocycles. The van der Waals surface area contributed by atoms with Crippen molar-refractivity contribution in [2.45, 2.75) is 44.9 Å². The van der Waals surface area contributed by atoms with E-state index in [1.165, 1.54) is 0 Å². The number of amides is 1. The zero-order valence-electron chi connectivity index (χ0n) is 22.5. The lowest BCUT2D eigenvalue weighted by molar-refractivity contribution is -0.139. The number of anilines is 1. The van der Waals surface area contributed by atoms with Crippen LogP contribution in [0.1, 0.15) is 55.2 Å². The third-order valence-electron chi connectivity index (χ3n) is 7.30. The van der Waals surface area contributed by atoms with Gasteiger partial charge >= 0.3 is 5.97 Å². The lowest BCUT2D eigenvalue weighted by Gasteiger charge is -2.16. The largest absolute Gasteiger partial charge is 0.481 e. The van der Waals surface area contributed by atoms with E-state index < -0.39 is 11.9 Å². The summed E-state index contributed by atoms with van der Waals surface area (Å²) < 4.78 is 1.84. The van der Waals surface area contributed by atoms with Gasteiger partial charge in [-0.3, -0.25) is 9.59 Å². The fourth-order valence-electron chi connectivity index (χ4n) is 5.37. The highest BCUT2D eigenvalue weighted by Crippen LogP contribution is 2.44. The topological polar surface area (TPSA) is 100 Å². The Morgan fingerprint density at radius 2 is 1.83 bits per heavy atom. The number of carboxylic acid groups (broad SMARTS) is 1. The summed E-state index contributed by atoms with van der Waals surface area (Å²) in [4.78, 5) is 27.6. The van der Waals surface area contributed by atoms with Crippen LogP contribution in [0.3, 0.4) is 0 Å². The van der Waals surface area contributed by atoms with E-state index in [1.807, 2.05) is 71.5 Å². The maximum atomic E-state index is 12.5. The third kappa shape index (κ3) is 5.87. The standard InChI is InChI=1S/C32H30Cl2N4O3/c1-2-3-5-10-25(32(40)41)27-26(34)16-15-24-28(31(35-19-39)37-29(24)27)30-21(17-20-11-13-22(33)14-12-20)18-36-38(30)23-8-6-4-7-9-23/h4,6-9,11-16,18-19,25,37H,2-3,5,10,17H2,1H3,(H,35,39)(H,40,41). The number of rotatable bonds is 12. The zero-order valence-corrected chi connectivity index (χ0v) is 24.0. The molecule has 0 radical (unpaired) electrons. The van der Waals surface area contributed by atoms with Crippen molar-refractivity contribution >= 4 is 52.3 Å². The Labute approximate surface area is 248 Å². The number of aliphatic carboxylic acids is 1. The number of hydrogen-bond donors (Lipinski definition) is 3. The van der Waals surface area contributed by atoms with E-state index in [1.54, 1.807) is 6.07 Å². The molecule has 0 bridgehead atoms. The monoisotopic (exact) mass is 588 g/mol. The van der Waals surface area contributed by atoms with Crippen molar-refractivity contribution in [1.82, 2.24) is 14.8 Å². The second-order valence-electron chi connectivity index (χ2n) is 9.98. The minimum absolute atomic E-state index is 0.366. The second kappa shape index (κ2) is 12.6.